The molecular formula is C16H10F2I2N2O9S. The average molecular weight is 698 g/mol. The van der Waals surface area contributed by atoms with Crippen molar-refractivity contribution >= 4 is 78.6 Å². The van der Waals surface area contributed by atoms with Gasteiger partial charge in [0.05, 0.1) is 16.2 Å². The van der Waals surface area contributed by atoms with E-state index in [1.54, 1.807) is 6.07 Å². The largest absolute Gasteiger partial charge is 0.454 e. The van der Waals surface area contributed by atoms with Gasteiger partial charge in [-0.2, -0.15) is 17.2 Å². The maximum atomic E-state index is 13.3. The Morgan fingerprint density at radius 3 is 2.34 bits per heavy atom. The SMILES string of the molecule is Nc1c(I)cc(I)cc1C(=O)Oc1ccc([N+](=O)[O-])c(C(=O)OCC(F)(F)S(=O)(=O)O)c1. The van der Waals surface area contributed by atoms with Crippen molar-refractivity contribution in [1.29, 1.82) is 0 Å². The molecule has 32 heavy (non-hydrogen) atoms. The van der Waals surface area contributed by atoms with Crippen LogP contribution in [0.5, 0.6) is 5.75 Å². The molecule has 0 atom stereocenters. The maximum Gasteiger partial charge on any atom is 0.402 e. The van der Waals surface area contributed by atoms with Crippen molar-refractivity contribution in [3.8, 4) is 5.75 Å². The molecular weight excluding hydrogens is 688 g/mol. The number of nitro groups is 1. The number of carbonyl (C=O) groups excluding carboxylic acids is 2. The summed E-state index contributed by atoms with van der Waals surface area (Å²) in [6.07, 6.45) is 0. The number of benzene rings is 2. The molecule has 0 unspecified atom stereocenters. The van der Waals surface area contributed by atoms with Gasteiger partial charge in [0.15, 0.2) is 6.61 Å². The van der Waals surface area contributed by atoms with E-state index in [9.17, 15) is 36.9 Å². The highest BCUT2D eigenvalue weighted by atomic mass is 127. The first-order valence-corrected chi connectivity index (χ1v) is 11.5. The van der Waals surface area contributed by atoms with Gasteiger partial charge < -0.3 is 15.2 Å². The van der Waals surface area contributed by atoms with Gasteiger partial charge in [0.1, 0.15) is 11.3 Å². The average Bonchev–Trinajstić information content (AvgIpc) is 2.67. The van der Waals surface area contributed by atoms with E-state index in [0.29, 0.717) is 13.2 Å². The summed E-state index contributed by atoms with van der Waals surface area (Å²) in [5.41, 5.74) is 4.12. The van der Waals surface area contributed by atoms with Gasteiger partial charge in [0.25, 0.3) is 5.69 Å². The van der Waals surface area contributed by atoms with Crippen LogP contribution in [-0.2, 0) is 14.9 Å². The molecule has 0 bridgehead atoms. The Hall–Kier alpha value is -2.19. The number of nitrogens with zero attached hydrogens (tertiary/aromatic N) is 1. The topological polar surface area (TPSA) is 176 Å². The maximum absolute atomic E-state index is 13.3. The fourth-order valence-corrected chi connectivity index (χ4v) is 4.17. The minimum Gasteiger partial charge on any atom is -0.454 e. The molecule has 0 saturated heterocycles. The van der Waals surface area contributed by atoms with E-state index in [1.807, 2.05) is 45.2 Å². The first kappa shape index (κ1) is 26.1. The van der Waals surface area contributed by atoms with E-state index in [0.717, 1.165) is 12.1 Å². The summed E-state index contributed by atoms with van der Waals surface area (Å²) in [7, 11) is -5.90. The van der Waals surface area contributed by atoms with Gasteiger partial charge in [-0.05, 0) is 63.4 Å². The number of nitro benzene ring substituents is 1. The highest BCUT2D eigenvalue weighted by Crippen LogP contribution is 2.29. The Labute approximate surface area is 205 Å². The van der Waals surface area contributed by atoms with Crippen LogP contribution in [0.3, 0.4) is 0 Å². The zero-order valence-corrected chi connectivity index (χ0v) is 20.4. The van der Waals surface area contributed by atoms with Crippen LogP contribution >= 0.6 is 45.2 Å². The van der Waals surface area contributed by atoms with Crippen molar-refractivity contribution < 1.29 is 45.7 Å². The van der Waals surface area contributed by atoms with Crippen molar-refractivity contribution in [1.82, 2.24) is 0 Å². The molecule has 16 heteroatoms. The predicted molar refractivity (Wildman–Crippen MR) is 121 cm³/mol. The monoisotopic (exact) mass is 698 g/mol. The number of ether oxygens (including phenoxy) is 2. The molecule has 172 valence electrons. The fourth-order valence-electron chi connectivity index (χ4n) is 2.12. The van der Waals surface area contributed by atoms with E-state index >= 15 is 0 Å². The van der Waals surface area contributed by atoms with Crippen molar-refractivity contribution in [2.45, 2.75) is 5.25 Å². The Kier molecular flexibility index (Phi) is 7.94. The van der Waals surface area contributed by atoms with Gasteiger partial charge in [-0.25, -0.2) is 9.59 Å². The minimum atomic E-state index is -5.90. The molecule has 3 N–H and O–H groups in total. The number of esters is 2. The fraction of sp³-hybridized carbons (Fsp3) is 0.125. The summed E-state index contributed by atoms with van der Waals surface area (Å²) in [6, 6.07) is 5.50. The van der Waals surface area contributed by atoms with Gasteiger partial charge >= 0.3 is 27.3 Å². The number of carbonyl (C=O) groups is 2. The minimum absolute atomic E-state index is 0.0310. The Morgan fingerprint density at radius 2 is 1.78 bits per heavy atom. The number of rotatable bonds is 7. The van der Waals surface area contributed by atoms with Crippen molar-refractivity contribution in [2.75, 3.05) is 12.3 Å². The van der Waals surface area contributed by atoms with E-state index in [2.05, 4.69) is 4.74 Å². The van der Waals surface area contributed by atoms with Gasteiger partial charge in [0.2, 0.25) is 0 Å². The Morgan fingerprint density at radius 1 is 1.16 bits per heavy atom. The van der Waals surface area contributed by atoms with Gasteiger partial charge in [-0.15, -0.1) is 0 Å². The number of anilines is 1. The molecule has 0 fully saturated rings. The van der Waals surface area contributed by atoms with Crippen molar-refractivity contribution in [3.63, 3.8) is 0 Å². The standard InChI is InChI=1S/C16H10F2I2N2O9S/c17-16(18,32(27,28)29)6-30-14(23)9-5-8(1-2-12(9)22(25)26)31-15(24)10-3-7(19)4-11(20)13(10)21/h1-5H,6,21H2,(H,27,28,29). The van der Waals surface area contributed by atoms with Crippen LogP contribution in [0, 0.1) is 17.3 Å². The first-order chi connectivity index (χ1) is 14.6. The number of hydrogen-bond donors (Lipinski definition) is 2. The molecule has 0 spiro atoms. The van der Waals surface area contributed by atoms with E-state index in [1.165, 1.54) is 6.07 Å². The molecule has 11 nitrogen and oxygen atoms in total. The summed E-state index contributed by atoms with van der Waals surface area (Å²) in [4.78, 5) is 34.7. The summed E-state index contributed by atoms with van der Waals surface area (Å²) in [5, 5.41) is 6.30. The number of nitrogen functional groups attached to an aromatic ring is 1. The zero-order valence-electron chi connectivity index (χ0n) is 15.3. The summed E-state index contributed by atoms with van der Waals surface area (Å²) >= 11 is 3.82. The lowest BCUT2D eigenvalue weighted by Crippen LogP contribution is -2.34. The van der Waals surface area contributed by atoms with Crippen LogP contribution < -0.4 is 10.5 Å². The third kappa shape index (κ3) is 5.98. The van der Waals surface area contributed by atoms with Crippen LogP contribution in [0.25, 0.3) is 0 Å². The summed E-state index contributed by atoms with van der Waals surface area (Å²) < 4.78 is 66.6. The van der Waals surface area contributed by atoms with Crippen LogP contribution in [-0.4, -0.2) is 41.7 Å². The normalized spacial score (nSPS) is 11.7. The second kappa shape index (κ2) is 9.75. The zero-order chi connectivity index (χ0) is 24.4. The van der Waals surface area contributed by atoms with Gasteiger partial charge in [0, 0.05) is 19.3 Å². The number of alkyl halides is 2. The molecule has 0 aliphatic rings. The third-order valence-corrected chi connectivity index (χ3v) is 6.05. The van der Waals surface area contributed by atoms with Crippen molar-refractivity contribution in [3.05, 3.63) is 58.7 Å². The second-order valence-electron chi connectivity index (χ2n) is 5.86. The van der Waals surface area contributed by atoms with E-state index in [4.69, 9.17) is 15.0 Å². The van der Waals surface area contributed by atoms with Crippen LogP contribution in [0.15, 0.2) is 30.3 Å². The molecule has 2 aromatic carbocycles. The summed E-state index contributed by atoms with van der Waals surface area (Å²) in [6.45, 7) is -2.11. The number of halogens is 4. The number of nitrogens with two attached hydrogens (primary N) is 1. The van der Waals surface area contributed by atoms with Gasteiger partial charge in [-0.1, -0.05) is 0 Å². The van der Waals surface area contributed by atoms with Crippen molar-refractivity contribution in [2.24, 2.45) is 0 Å². The smallest absolute Gasteiger partial charge is 0.402 e. The van der Waals surface area contributed by atoms with Gasteiger partial charge in [-0.3, -0.25) is 14.7 Å². The van der Waals surface area contributed by atoms with Crippen LogP contribution in [0.4, 0.5) is 20.2 Å². The first-order valence-electron chi connectivity index (χ1n) is 7.91. The van der Waals surface area contributed by atoms with Crippen LogP contribution in [0.2, 0.25) is 0 Å². The van der Waals surface area contributed by atoms with E-state index < -0.39 is 50.1 Å². The number of hydrogen-bond acceptors (Lipinski definition) is 9. The Balaban J connectivity index is 2.35. The quantitative estimate of drug-likeness (QED) is 0.0831. The lowest BCUT2D eigenvalue weighted by molar-refractivity contribution is -0.385. The molecule has 0 radical (unpaired) electrons. The second-order valence-corrected chi connectivity index (χ2v) is 9.82. The third-order valence-electron chi connectivity index (χ3n) is 3.66. The predicted octanol–water partition coefficient (Wildman–Crippen LogP) is 3.24. The molecule has 0 heterocycles. The molecule has 0 saturated carbocycles. The highest BCUT2D eigenvalue weighted by molar-refractivity contribution is 14.1. The van der Waals surface area contributed by atoms with E-state index in [-0.39, 0.29) is 17.0 Å². The molecule has 0 aliphatic carbocycles. The highest BCUT2D eigenvalue weighted by Gasteiger charge is 2.46. The molecule has 0 amide bonds. The Bertz CT molecular complexity index is 1220. The molecule has 0 aliphatic heterocycles. The molecule has 2 aromatic rings. The molecule has 0 aromatic heterocycles. The summed E-state index contributed by atoms with van der Waals surface area (Å²) in [5.74, 6) is -3.08. The molecule has 2 rings (SSSR count). The van der Waals surface area contributed by atoms with Crippen LogP contribution in [0.1, 0.15) is 20.7 Å². The lowest BCUT2D eigenvalue weighted by Gasteiger charge is -2.13. The lowest BCUT2D eigenvalue weighted by atomic mass is 10.1.